The monoisotopic (exact) mass is 352 g/mol. The summed E-state index contributed by atoms with van der Waals surface area (Å²) in [4.78, 5) is 23.8. The topological polar surface area (TPSA) is 58.2 Å². The molecule has 21 heavy (non-hydrogen) atoms. The van der Waals surface area contributed by atoms with Gasteiger partial charge in [-0.15, -0.1) is 0 Å². The van der Waals surface area contributed by atoms with Crippen molar-refractivity contribution < 1.29 is 9.59 Å². The van der Waals surface area contributed by atoms with E-state index in [4.69, 9.17) is 0 Å². The Morgan fingerprint density at radius 3 is 2.86 bits per heavy atom. The summed E-state index contributed by atoms with van der Waals surface area (Å²) in [5, 5.41) is 5.66. The number of carbonyl (C=O) groups excluding carboxylic acids is 2. The van der Waals surface area contributed by atoms with Gasteiger partial charge in [-0.25, -0.2) is 0 Å². The standard InChI is InChI=1S/C16H21BrN2O2/c1-11-4-2-7-14(8-11)19-15(20)10-18-16(21)12-5-3-6-13(17)9-12/h3,5-6,9,11,14H,2,4,7-8,10H2,1H3,(H,18,21)(H,19,20). The summed E-state index contributed by atoms with van der Waals surface area (Å²) in [7, 11) is 0. The van der Waals surface area contributed by atoms with Crippen molar-refractivity contribution in [2.45, 2.75) is 38.6 Å². The van der Waals surface area contributed by atoms with Gasteiger partial charge in [0.25, 0.3) is 5.91 Å². The lowest BCUT2D eigenvalue weighted by atomic mass is 9.87. The molecular formula is C16H21BrN2O2. The fraction of sp³-hybridized carbons (Fsp3) is 0.500. The third-order valence-corrected chi connectivity index (χ3v) is 4.29. The van der Waals surface area contributed by atoms with E-state index in [2.05, 4.69) is 33.5 Å². The summed E-state index contributed by atoms with van der Waals surface area (Å²) >= 11 is 3.32. The van der Waals surface area contributed by atoms with Crippen molar-refractivity contribution >= 4 is 27.7 Å². The number of rotatable bonds is 4. The minimum Gasteiger partial charge on any atom is -0.352 e. The molecule has 2 N–H and O–H groups in total. The Hall–Kier alpha value is -1.36. The van der Waals surface area contributed by atoms with E-state index in [0.717, 1.165) is 23.7 Å². The Kier molecular flexibility index (Phi) is 5.79. The summed E-state index contributed by atoms with van der Waals surface area (Å²) in [6.07, 6.45) is 4.48. The normalized spacial score (nSPS) is 21.6. The lowest BCUT2D eigenvalue weighted by molar-refractivity contribution is -0.121. The van der Waals surface area contributed by atoms with Crippen LogP contribution < -0.4 is 10.6 Å². The van der Waals surface area contributed by atoms with E-state index in [1.54, 1.807) is 18.2 Å². The third kappa shape index (κ3) is 5.16. The molecule has 2 atom stereocenters. The van der Waals surface area contributed by atoms with Crippen molar-refractivity contribution in [3.8, 4) is 0 Å². The molecule has 0 saturated heterocycles. The summed E-state index contributed by atoms with van der Waals surface area (Å²) in [5.74, 6) is 0.321. The maximum atomic E-state index is 11.9. The molecule has 5 heteroatoms. The van der Waals surface area contributed by atoms with Crippen LogP contribution in [0.3, 0.4) is 0 Å². The molecule has 2 rings (SSSR count). The molecule has 1 aliphatic rings. The molecule has 0 spiro atoms. The average Bonchev–Trinajstić information content (AvgIpc) is 2.45. The molecular weight excluding hydrogens is 332 g/mol. The minimum absolute atomic E-state index is 0.0240. The van der Waals surface area contributed by atoms with Crippen LogP contribution in [0.2, 0.25) is 0 Å². The van der Waals surface area contributed by atoms with Crippen molar-refractivity contribution in [3.05, 3.63) is 34.3 Å². The first-order chi connectivity index (χ1) is 10.0. The van der Waals surface area contributed by atoms with Crippen molar-refractivity contribution in [1.29, 1.82) is 0 Å². The SMILES string of the molecule is CC1CCCC(NC(=O)CNC(=O)c2cccc(Br)c2)C1. The molecule has 0 aromatic heterocycles. The van der Waals surface area contributed by atoms with Crippen LogP contribution in [0.25, 0.3) is 0 Å². The van der Waals surface area contributed by atoms with E-state index in [9.17, 15) is 9.59 Å². The highest BCUT2D eigenvalue weighted by atomic mass is 79.9. The summed E-state index contributed by atoms with van der Waals surface area (Å²) in [5.41, 5.74) is 0.545. The summed E-state index contributed by atoms with van der Waals surface area (Å²) in [6.45, 7) is 2.24. The Balaban J connectivity index is 1.77. The Labute approximate surface area is 133 Å². The number of amides is 2. The van der Waals surface area contributed by atoms with Crippen LogP contribution in [0, 0.1) is 5.92 Å². The van der Waals surface area contributed by atoms with Crippen molar-refractivity contribution in [3.63, 3.8) is 0 Å². The van der Waals surface area contributed by atoms with Crippen LogP contribution in [-0.4, -0.2) is 24.4 Å². The van der Waals surface area contributed by atoms with Gasteiger partial charge in [-0.2, -0.15) is 0 Å². The molecule has 0 radical (unpaired) electrons. The maximum absolute atomic E-state index is 11.9. The van der Waals surface area contributed by atoms with E-state index in [0.29, 0.717) is 11.5 Å². The summed E-state index contributed by atoms with van der Waals surface area (Å²) < 4.78 is 0.843. The van der Waals surface area contributed by atoms with Crippen LogP contribution in [0.1, 0.15) is 43.0 Å². The van der Waals surface area contributed by atoms with Crippen LogP contribution in [-0.2, 0) is 4.79 Å². The van der Waals surface area contributed by atoms with Crippen LogP contribution in [0.15, 0.2) is 28.7 Å². The molecule has 0 heterocycles. The number of hydrogen-bond acceptors (Lipinski definition) is 2. The van der Waals surface area contributed by atoms with Gasteiger partial charge < -0.3 is 10.6 Å². The smallest absolute Gasteiger partial charge is 0.251 e. The first-order valence-corrected chi connectivity index (χ1v) is 8.17. The van der Waals surface area contributed by atoms with Gasteiger partial charge in [-0.3, -0.25) is 9.59 Å². The highest BCUT2D eigenvalue weighted by Gasteiger charge is 2.20. The van der Waals surface area contributed by atoms with Crippen LogP contribution in [0.5, 0.6) is 0 Å². The molecule has 1 fully saturated rings. The van der Waals surface area contributed by atoms with Gasteiger partial charge in [0, 0.05) is 16.1 Å². The van der Waals surface area contributed by atoms with Gasteiger partial charge in [-0.05, 0) is 37.0 Å². The molecule has 2 amide bonds. The Morgan fingerprint density at radius 1 is 1.33 bits per heavy atom. The fourth-order valence-electron chi connectivity index (χ4n) is 2.74. The van der Waals surface area contributed by atoms with Crippen molar-refractivity contribution in [2.75, 3.05) is 6.54 Å². The number of carbonyl (C=O) groups is 2. The van der Waals surface area contributed by atoms with Gasteiger partial charge in [0.05, 0.1) is 6.54 Å². The molecule has 1 aromatic rings. The third-order valence-electron chi connectivity index (χ3n) is 3.80. The Bertz CT molecular complexity index is 519. The number of hydrogen-bond donors (Lipinski definition) is 2. The fourth-order valence-corrected chi connectivity index (χ4v) is 3.14. The largest absolute Gasteiger partial charge is 0.352 e. The number of halogens is 1. The van der Waals surface area contributed by atoms with E-state index < -0.39 is 0 Å². The lowest BCUT2D eigenvalue weighted by Crippen LogP contribution is -2.43. The van der Waals surface area contributed by atoms with Gasteiger partial charge in [0.1, 0.15) is 0 Å². The predicted octanol–water partition coefficient (Wildman–Crippen LogP) is 2.87. The van der Waals surface area contributed by atoms with E-state index in [1.807, 2.05) is 6.07 Å². The average molecular weight is 353 g/mol. The van der Waals surface area contributed by atoms with Crippen molar-refractivity contribution in [1.82, 2.24) is 10.6 Å². The lowest BCUT2D eigenvalue weighted by Gasteiger charge is -2.27. The van der Waals surface area contributed by atoms with E-state index in [1.165, 1.54) is 6.42 Å². The van der Waals surface area contributed by atoms with E-state index in [-0.39, 0.29) is 24.4 Å². The zero-order valence-electron chi connectivity index (χ0n) is 12.2. The molecule has 0 bridgehead atoms. The highest BCUT2D eigenvalue weighted by Crippen LogP contribution is 2.23. The molecule has 0 aliphatic heterocycles. The minimum atomic E-state index is -0.233. The first kappa shape index (κ1) is 16.0. The summed E-state index contributed by atoms with van der Waals surface area (Å²) in [6, 6.07) is 7.36. The second-order valence-corrected chi connectivity index (χ2v) is 6.64. The van der Waals surface area contributed by atoms with Gasteiger partial charge in [-0.1, -0.05) is 41.8 Å². The van der Waals surface area contributed by atoms with Gasteiger partial charge in [0.2, 0.25) is 5.91 Å². The zero-order chi connectivity index (χ0) is 15.2. The second-order valence-electron chi connectivity index (χ2n) is 5.73. The second kappa shape index (κ2) is 7.59. The molecule has 1 aromatic carbocycles. The highest BCUT2D eigenvalue weighted by molar-refractivity contribution is 9.10. The van der Waals surface area contributed by atoms with E-state index >= 15 is 0 Å². The van der Waals surface area contributed by atoms with Crippen molar-refractivity contribution in [2.24, 2.45) is 5.92 Å². The maximum Gasteiger partial charge on any atom is 0.251 e. The quantitative estimate of drug-likeness (QED) is 0.875. The zero-order valence-corrected chi connectivity index (χ0v) is 13.8. The van der Waals surface area contributed by atoms with Crippen LogP contribution >= 0.6 is 15.9 Å². The molecule has 114 valence electrons. The predicted molar refractivity (Wildman–Crippen MR) is 86.0 cm³/mol. The van der Waals surface area contributed by atoms with Gasteiger partial charge >= 0.3 is 0 Å². The van der Waals surface area contributed by atoms with Gasteiger partial charge in [0.15, 0.2) is 0 Å². The molecule has 4 nitrogen and oxygen atoms in total. The molecule has 2 unspecified atom stereocenters. The first-order valence-electron chi connectivity index (χ1n) is 7.37. The number of nitrogens with one attached hydrogen (secondary N) is 2. The molecule has 1 aliphatic carbocycles. The van der Waals surface area contributed by atoms with Crippen LogP contribution in [0.4, 0.5) is 0 Å². The molecule has 1 saturated carbocycles. The number of benzene rings is 1. The Morgan fingerprint density at radius 2 is 2.14 bits per heavy atom.